The van der Waals surface area contributed by atoms with Crippen molar-refractivity contribution in [3.05, 3.63) is 10.6 Å². The topological polar surface area (TPSA) is 148 Å². The van der Waals surface area contributed by atoms with Gasteiger partial charge in [0.2, 0.25) is 5.91 Å². The second-order valence-corrected chi connectivity index (χ2v) is 5.92. The van der Waals surface area contributed by atoms with Gasteiger partial charge < -0.3 is 26.3 Å². The minimum atomic E-state index is -1.10. The van der Waals surface area contributed by atoms with Crippen molar-refractivity contribution in [3.8, 4) is 0 Å². The van der Waals surface area contributed by atoms with Crippen LogP contribution in [0.1, 0.15) is 13.3 Å². The van der Waals surface area contributed by atoms with Crippen LogP contribution in [0.3, 0.4) is 0 Å². The van der Waals surface area contributed by atoms with E-state index in [-0.39, 0.29) is 23.1 Å². The number of aliphatic imine (C=N–C) groups is 1. The normalized spacial score (nSPS) is 25.6. The maximum Gasteiger partial charge on any atom is 0.353 e. The van der Waals surface area contributed by atoms with Gasteiger partial charge in [0, 0.05) is 17.1 Å². The number of hydrogen-bond donors (Lipinski definition) is 3. The summed E-state index contributed by atoms with van der Waals surface area (Å²) >= 11 is 1.38. The van der Waals surface area contributed by atoms with Gasteiger partial charge in [0.25, 0.3) is 0 Å². The minimum absolute atomic E-state index is 0. The number of carboxylic acid groups (broad SMARTS) is 1. The molecule has 1 fully saturated rings. The molecule has 6 N–H and O–H groups in total. The molecule has 1 saturated heterocycles. The Kier molecular flexibility index (Phi) is 5.76. The first-order chi connectivity index (χ1) is 9.49. The van der Waals surface area contributed by atoms with E-state index in [0.717, 1.165) is 0 Å². The zero-order valence-electron chi connectivity index (χ0n) is 11.5. The maximum atomic E-state index is 11.9. The third-order valence-electron chi connectivity index (χ3n) is 3.49. The SMILES string of the molecule is C[C@@H](O)[C@H]1C(=O)N2C(C(=O)O)=C(SCCN=CN)C[C@@H]12.O. The maximum absolute atomic E-state index is 11.9. The van der Waals surface area contributed by atoms with Gasteiger partial charge in [0.05, 0.1) is 30.9 Å². The van der Waals surface area contributed by atoms with Crippen LogP contribution in [0.25, 0.3) is 0 Å². The van der Waals surface area contributed by atoms with E-state index >= 15 is 0 Å². The predicted molar refractivity (Wildman–Crippen MR) is 78.7 cm³/mol. The summed E-state index contributed by atoms with van der Waals surface area (Å²) in [4.78, 5) is 29.1. The van der Waals surface area contributed by atoms with Gasteiger partial charge in [-0.3, -0.25) is 9.79 Å². The standard InChI is InChI=1S/C12H17N3O4S.H2O/c1-6(16)9-7-4-8(20-3-2-14-5-13)10(12(18)19)15(7)11(9)17;/h5-7,9,16H,2-4H2,1H3,(H2,13,14)(H,18,19);1H2/t6-,7+,9-;/m1./s1. The highest BCUT2D eigenvalue weighted by atomic mass is 32.2. The smallest absolute Gasteiger partial charge is 0.353 e. The molecule has 2 aliphatic heterocycles. The molecule has 3 atom stereocenters. The van der Waals surface area contributed by atoms with Gasteiger partial charge in [0.15, 0.2) is 0 Å². The van der Waals surface area contributed by atoms with E-state index in [1.54, 1.807) is 6.92 Å². The van der Waals surface area contributed by atoms with E-state index in [1.165, 1.54) is 23.0 Å². The summed E-state index contributed by atoms with van der Waals surface area (Å²) in [5, 5.41) is 18.9. The van der Waals surface area contributed by atoms with Crippen molar-refractivity contribution in [2.75, 3.05) is 12.3 Å². The average Bonchev–Trinajstić information content (AvgIpc) is 2.69. The van der Waals surface area contributed by atoms with Crippen molar-refractivity contribution < 1.29 is 25.3 Å². The van der Waals surface area contributed by atoms with E-state index in [0.29, 0.717) is 23.6 Å². The van der Waals surface area contributed by atoms with E-state index in [1.807, 2.05) is 0 Å². The number of aliphatic hydroxyl groups excluding tert-OH is 1. The van der Waals surface area contributed by atoms with Crippen LogP contribution in [0.2, 0.25) is 0 Å². The first-order valence-corrected chi connectivity index (χ1v) is 7.28. The monoisotopic (exact) mass is 317 g/mol. The van der Waals surface area contributed by atoms with Crippen LogP contribution in [0, 0.1) is 5.92 Å². The molecule has 0 spiro atoms. The van der Waals surface area contributed by atoms with Crippen molar-refractivity contribution in [2.24, 2.45) is 16.6 Å². The van der Waals surface area contributed by atoms with Crippen LogP contribution in [0.15, 0.2) is 15.6 Å². The Morgan fingerprint density at radius 1 is 1.67 bits per heavy atom. The van der Waals surface area contributed by atoms with Crippen LogP contribution in [-0.4, -0.2) is 63.2 Å². The first kappa shape index (κ1) is 17.5. The molecule has 9 heteroatoms. The number of carbonyl (C=O) groups excluding carboxylic acids is 1. The largest absolute Gasteiger partial charge is 0.477 e. The highest BCUT2D eigenvalue weighted by Gasteiger charge is 2.56. The number of aliphatic carboxylic acids is 1. The summed E-state index contributed by atoms with van der Waals surface area (Å²) in [5.41, 5.74) is 5.19. The fourth-order valence-electron chi connectivity index (χ4n) is 2.66. The number of fused-ring (bicyclic) bond motifs is 1. The van der Waals surface area contributed by atoms with Crippen LogP contribution in [0.5, 0.6) is 0 Å². The second-order valence-electron chi connectivity index (χ2n) is 4.73. The molecular formula is C12H19N3O5S. The lowest BCUT2D eigenvalue weighted by Gasteiger charge is -2.44. The fraction of sp³-hybridized carbons (Fsp3) is 0.583. The van der Waals surface area contributed by atoms with Gasteiger partial charge in [0.1, 0.15) is 5.70 Å². The number of rotatable bonds is 6. The van der Waals surface area contributed by atoms with Crippen molar-refractivity contribution in [2.45, 2.75) is 25.5 Å². The molecule has 0 unspecified atom stereocenters. The first-order valence-electron chi connectivity index (χ1n) is 6.29. The number of nitrogens with zero attached hydrogens (tertiary/aromatic N) is 2. The quantitative estimate of drug-likeness (QED) is 0.242. The zero-order chi connectivity index (χ0) is 14.9. The van der Waals surface area contributed by atoms with Gasteiger partial charge in [-0.1, -0.05) is 0 Å². The van der Waals surface area contributed by atoms with Crippen LogP contribution < -0.4 is 5.73 Å². The lowest BCUT2D eigenvalue weighted by Crippen LogP contribution is -2.61. The average molecular weight is 317 g/mol. The zero-order valence-corrected chi connectivity index (χ0v) is 12.3. The number of carboxylic acids is 1. The molecule has 0 bridgehead atoms. The molecule has 8 nitrogen and oxygen atoms in total. The van der Waals surface area contributed by atoms with Crippen molar-refractivity contribution >= 4 is 30.0 Å². The van der Waals surface area contributed by atoms with Gasteiger partial charge in [-0.25, -0.2) is 4.79 Å². The number of nitrogens with two attached hydrogens (primary N) is 1. The minimum Gasteiger partial charge on any atom is -0.477 e. The Labute approximate surface area is 126 Å². The molecule has 0 saturated carbocycles. The number of amides is 1. The molecule has 118 valence electrons. The Hall–Kier alpha value is -1.58. The third kappa shape index (κ3) is 3.04. The molecule has 0 aliphatic carbocycles. The molecule has 21 heavy (non-hydrogen) atoms. The molecule has 0 aromatic carbocycles. The van der Waals surface area contributed by atoms with Crippen molar-refractivity contribution in [3.63, 3.8) is 0 Å². The summed E-state index contributed by atoms with van der Waals surface area (Å²) in [6.45, 7) is 2.05. The van der Waals surface area contributed by atoms with E-state index in [9.17, 15) is 19.8 Å². The third-order valence-corrected chi connectivity index (χ3v) is 4.59. The molecule has 0 aromatic rings. The van der Waals surface area contributed by atoms with E-state index < -0.39 is 18.0 Å². The summed E-state index contributed by atoms with van der Waals surface area (Å²) in [7, 11) is 0. The Bertz CT molecular complexity index is 491. The number of thioether (sulfide) groups is 1. The fourth-order valence-corrected chi connectivity index (χ4v) is 3.71. The number of hydrogen-bond acceptors (Lipinski definition) is 5. The van der Waals surface area contributed by atoms with Crippen LogP contribution in [-0.2, 0) is 9.59 Å². The highest BCUT2D eigenvalue weighted by molar-refractivity contribution is 8.03. The molecule has 2 heterocycles. The lowest BCUT2D eigenvalue weighted by molar-refractivity contribution is -0.161. The van der Waals surface area contributed by atoms with Gasteiger partial charge in [-0.15, -0.1) is 11.8 Å². The highest BCUT2D eigenvalue weighted by Crippen LogP contribution is 2.46. The van der Waals surface area contributed by atoms with E-state index in [2.05, 4.69) is 4.99 Å². The number of β-lactam (4-membered cyclic amide) rings is 1. The Morgan fingerprint density at radius 2 is 2.33 bits per heavy atom. The van der Waals surface area contributed by atoms with Crippen LogP contribution >= 0.6 is 11.8 Å². The number of aliphatic hydroxyl groups is 1. The summed E-state index contributed by atoms with van der Waals surface area (Å²) in [6, 6.07) is -0.228. The Morgan fingerprint density at radius 3 is 2.86 bits per heavy atom. The van der Waals surface area contributed by atoms with Crippen molar-refractivity contribution in [1.82, 2.24) is 4.90 Å². The van der Waals surface area contributed by atoms with Gasteiger partial charge in [-0.05, 0) is 6.92 Å². The molecule has 2 aliphatic rings. The summed E-state index contributed by atoms with van der Waals surface area (Å²) in [5.74, 6) is -1.30. The summed E-state index contributed by atoms with van der Waals surface area (Å²) < 4.78 is 0. The lowest BCUT2D eigenvalue weighted by atomic mass is 9.83. The molecule has 0 aromatic heterocycles. The second kappa shape index (κ2) is 6.92. The van der Waals surface area contributed by atoms with Gasteiger partial charge in [-0.2, -0.15) is 0 Å². The van der Waals surface area contributed by atoms with Crippen LogP contribution in [0.4, 0.5) is 0 Å². The number of carbonyl (C=O) groups is 2. The molecule has 1 amide bonds. The summed E-state index contributed by atoms with van der Waals surface area (Å²) in [6.07, 6.45) is 0.937. The predicted octanol–water partition coefficient (Wildman–Crippen LogP) is -1.21. The van der Waals surface area contributed by atoms with Gasteiger partial charge >= 0.3 is 5.97 Å². The van der Waals surface area contributed by atoms with Crippen molar-refractivity contribution in [1.29, 1.82) is 0 Å². The molecule has 0 radical (unpaired) electrons. The van der Waals surface area contributed by atoms with E-state index in [4.69, 9.17) is 5.73 Å². The Balaban J connectivity index is 0.00000220. The molecular weight excluding hydrogens is 298 g/mol. The molecule has 2 rings (SSSR count).